The number of rotatable bonds is 2. The minimum Gasteiger partial charge on any atom is -0.444 e. The summed E-state index contributed by atoms with van der Waals surface area (Å²) in [6.07, 6.45) is 0.0288. The van der Waals surface area contributed by atoms with Crippen LogP contribution >= 0.6 is 0 Å². The van der Waals surface area contributed by atoms with Gasteiger partial charge in [-0.2, -0.15) is 0 Å². The van der Waals surface area contributed by atoms with Crippen LogP contribution in [-0.2, 0) is 19.1 Å². The number of fused-ring (bicyclic) bond motifs is 2. The average Bonchev–Trinajstić information content (AvgIpc) is 3.20. The summed E-state index contributed by atoms with van der Waals surface area (Å²) >= 11 is 0. The molecule has 4 rings (SSSR count). The molecule has 9 nitrogen and oxygen atoms in total. The normalized spacial score (nSPS) is 25.8. The third-order valence-corrected chi connectivity index (χ3v) is 5.65. The Bertz CT molecular complexity index is 887. The number of carbonyl (C=O) groups is 4. The predicted octanol–water partition coefficient (Wildman–Crippen LogP) is 2.01. The second-order valence-electron chi connectivity index (χ2n) is 8.88. The van der Waals surface area contributed by atoms with Crippen molar-refractivity contribution in [1.29, 1.82) is 0 Å². The first-order valence-corrected chi connectivity index (χ1v) is 9.88. The minimum atomic E-state index is -1.16. The van der Waals surface area contributed by atoms with E-state index in [0.717, 1.165) is 0 Å². The zero-order valence-electron chi connectivity index (χ0n) is 17.2. The molecule has 3 aliphatic heterocycles. The minimum absolute atomic E-state index is 0.0363. The van der Waals surface area contributed by atoms with E-state index in [0.29, 0.717) is 24.6 Å². The van der Waals surface area contributed by atoms with Gasteiger partial charge < -0.3 is 19.2 Å². The third kappa shape index (κ3) is 3.32. The van der Waals surface area contributed by atoms with Gasteiger partial charge in [0.1, 0.15) is 11.0 Å². The second kappa shape index (κ2) is 7.09. The summed E-state index contributed by atoms with van der Waals surface area (Å²) in [6.45, 7) is 6.15. The van der Waals surface area contributed by atoms with Crippen molar-refractivity contribution >= 4 is 23.9 Å². The van der Waals surface area contributed by atoms with E-state index in [9.17, 15) is 19.2 Å². The summed E-state index contributed by atoms with van der Waals surface area (Å²) in [7, 11) is 0. The van der Waals surface area contributed by atoms with E-state index in [1.54, 1.807) is 32.9 Å². The molecule has 2 fully saturated rings. The van der Waals surface area contributed by atoms with Crippen molar-refractivity contribution in [2.75, 3.05) is 26.3 Å². The van der Waals surface area contributed by atoms with Crippen molar-refractivity contribution in [1.82, 2.24) is 9.96 Å². The van der Waals surface area contributed by atoms with Crippen molar-refractivity contribution < 1.29 is 33.5 Å². The van der Waals surface area contributed by atoms with Gasteiger partial charge in [-0.05, 0) is 45.2 Å². The van der Waals surface area contributed by atoms with Crippen LogP contribution in [0.5, 0.6) is 0 Å². The smallest absolute Gasteiger partial charge is 0.410 e. The molecule has 0 aliphatic carbocycles. The van der Waals surface area contributed by atoms with Crippen LogP contribution in [0.15, 0.2) is 24.3 Å². The van der Waals surface area contributed by atoms with Crippen molar-refractivity contribution in [3.8, 4) is 0 Å². The number of benzene rings is 1. The maximum atomic E-state index is 13.2. The Hall–Kier alpha value is -2.94. The van der Waals surface area contributed by atoms with Gasteiger partial charge in [0.05, 0.1) is 17.7 Å². The summed E-state index contributed by atoms with van der Waals surface area (Å²) in [6, 6.07) is 6.28. The first kappa shape index (κ1) is 20.3. The van der Waals surface area contributed by atoms with Crippen LogP contribution < -0.4 is 0 Å². The molecular weight excluding hydrogens is 392 g/mol. The number of hydrogen-bond donors (Lipinski definition) is 0. The summed E-state index contributed by atoms with van der Waals surface area (Å²) in [5.74, 6) is -2.35. The SMILES string of the molecule is CC(C)(C)OC(=O)N1C[C@@H]2CCOC[C@]2(C(=O)ON2C(=O)c3ccccc3C2=O)C1. The van der Waals surface area contributed by atoms with Crippen LogP contribution in [0, 0.1) is 11.3 Å². The first-order chi connectivity index (χ1) is 14.1. The summed E-state index contributed by atoms with van der Waals surface area (Å²) in [5, 5.41) is 0.504. The molecule has 3 heterocycles. The highest BCUT2D eigenvalue weighted by atomic mass is 16.7. The lowest BCUT2D eigenvalue weighted by Crippen LogP contribution is -2.50. The number of hydrogen-bond acceptors (Lipinski definition) is 7. The number of likely N-dealkylation sites (tertiary alicyclic amines) is 1. The molecule has 0 spiro atoms. The highest BCUT2D eigenvalue weighted by Gasteiger charge is 2.58. The van der Waals surface area contributed by atoms with E-state index in [1.807, 2.05) is 0 Å². The zero-order chi connectivity index (χ0) is 21.7. The predicted molar refractivity (Wildman–Crippen MR) is 102 cm³/mol. The fourth-order valence-electron chi connectivity index (χ4n) is 4.17. The largest absolute Gasteiger partial charge is 0.444 e. The average molecular weight is 416 g/mol. The van der Waals surface area contributed by atoms with Gasteiger partial charge in [0.2, 0.25) is 0 Å². The Morgan fingerprint density at radius 3 is 2.37 bits per heavy atom. The fourth-order valence-corrected chi connectivity index (χ4v) is 4.17. The molecule has 3 aliphatic rings. The molecule has 0 aromatic heterocycles. The Morgan fingerprint density at radius 2 is 1.77 bits per heavy atom. The van der Waals surface area contributed by atoms with Crippen molar-refractivity contribution in [2.45, 2.75) is 32.8 Å². The van der Waals surface area contributed by atoms with Crippen LogP contribution in [0.2, 0.25) is 0 Å². The van der Waals surface area contributed by atoms with Gasteiger partial charge in [0.25, 0.3) is 11.8 Å². The maximum Gasteiger partial charge on any atom is 0.410 e. The monoisotopic (exact) mass is 416 g/mol. The summed E-state index contributed by atoms with van der Waals surface area (Å²) in [4.78, 5) is 57.7. The lowest BCUT2D eigenvalue weighted by atomic mass is 9.76. The van der Waals surface area contributed by atoms with Gasteiger partial charge in [-0.15, -0.1) is 0 Å². The van der Waals surface area contributed by atoms with E-state index in [2.05, 4.69) is 0 Å². The van der Waals surface area contributed by atoms with E-state index in [1.165, 1.54) is 17.0 Å². The summed E-state index contributed by atoms with van der Waals surface area (Å²) < 4.78 is 11.0. The quantitative estimate of drug-likeness (QED) is 0.680. The Balaban J connectivity index is 1.54. The molecule has 9 heteroatoms. The standard InChI is InChI=1S/C21H24N2O7/c1-20(2,3)29-19(27)22-10-13-8-9-28-12-21(13,11-22)18(26)30-23-16(24)14-6-4-5-7-15(14)17(23)25/h4-7,13H,8-12H2,1-3H3/t13-,21+/m0/s1. The molecule has 30 heavy (non-hydrogen) atoms. The second-order valence-corrected chi connectivity index (χ2v) is 8.88. The van der Waals surface area contributed by atoms with Gasteiger partial charge in [-0.3, -0.25) is 9.59 Å². The molecule has 3 amide bonds. The Kier molecular flexibility index (Phi) is 4.80. The highest BCUT2D eigenvalue weighted by Crippen LogP contribution is 2.43. The molecule has 160 valence electrons. The van der Waals surface area contributed by atoms with Gasteiger partial charge in [0, 0.05) is 19.7 Å². The Labute approximate surface area is 173 Å². The Morgan fingerprint density at radius 1 is 1.13 bits per heavy atom. The van der Waals surface area contributed by atoms with Gasteiger partial charge in [-0.25, -0.2) is 9.59 Å². The van der Waals surface area contributed by atoms with E-state index in [-0.39, 0.29) is 30.2 Å². The molecule has 0 radical (unpaired) electrons. The molecule has 2 saturated heterocycles. The van der Waals surface area contributed by atoms with Gasteiger partial charge in [-0.1, -0.05) is 17.2 Å². The van der Waals surface area contributed by atoms with Gasteiger partial charge >= 0.3 is 12.1 Å². The molecule has 0 saturated carbocycles. The number of nitrogens with zero attached hydrogens (tertiary/aromatic N) is 2. The molecule has 1 aromatic rings. The van der Waals surface area contributed by atoms with Crippen molar-refractivity contribution in [3.05, 3.63) is 35.4 Å². The molecular formula is C21H24N2O7. The van der Waals surface area contributed by atoms with Gasteiger partial charge in [0.15, 0.2) is 0 Å². The highest BCUT2D eigenvalue weighted by molar-refractivity contribution is 6.20. The fraction of sp³-hybridized carbons (Fsp3) is 0.524. The lowest BCUT2D eigenvalue weighted by Gasteiger charge is -2.35. The topological polar surface area (TPSA) is 102 Å². The zero-order valence-corrected chi connectivity index (χ0v) is 17.2. The molecule has 2 atom stereocenters. The van der Waals surface area contributed by atoms with Crippen LogP contribution in [0.1, 0.15) is 47.9 Å². The maximum absolute atomic E-state index is 13.2. The number of imide groups is 1. The van der Waals surface area contributed by atoms with Crippen molar-refractivity contribution in [3.63, 3.8) is 0 Å². The van der Waals surface area contributed by atoms with Crippen LogP contribution in [0.25, 0.3) is 0 Å². The van der Waals surface area contributed by atoms with Crippen molar-refractivity contribution in [2.24, 2.45) is 11.3 Å². The molecule has 0 unspecified atom stereocenters. The van der Waals surface area contributed by atoms with E-state index < -0.39 is 34.9 Å². The third-order valence-electron chi connectivity index (χ3n) is 5.65. The van der Waals surface area contributed by atoms with Crippen LogP contribution in [0.3, 0.4) is 0 Å². The number of hydroxylamine groups is 2. The molecule has 0 bridgehead atoms. The first-order valence-electron chi connectivity index (χ1n) is 9.88. The number of carbonyl (C=O) groups excluding carboxylic acids is 4. The molecule has 0 N–H and O–H groups in total. The summed E-state index contributed by atoms with van der Waals surface area (Å²) in [5.41, 5.74) is -1.46. The van der Waals surface area contributed by atoms with E-state index >= 15 is 0 Å². The number of ether oxygens (including phenoxy) is 2. The van der Waals surface area contributed by atoms with Crippen LogP contribution in [0.4, 0.5) is 4.79 Å². The van der Waals surface area contributed by atoms with Crippen LogP contribution in [-0.4, -0.2) is 65.7 Å². The van der Waals surface area contributed by atoms with E-state index in [4.69, 9.17) is 14.3 Å². The molecule has 1 aromatic carbocycles. The lowest BCUT2D eigenvalue weighted by molar-refractivity contribution is -0.191. The number of amides is 3.